The van der Waals surface area contributed by atoms with Crippen LogP contribution in [0.4, 0.5) is 10.5 Å². The zero-order valence-corrected chi connectivity index (χ0v) is 12.3. The fourth-order valence-electron chi connectivity index (χ4n) is 2.19. The lowest BCUT2D eigenvalue weighted by Gasteiger charge is -2.23. The van der Waals surface area contributed by atoms with Gasteiger partial charge in [-0.05, 0) is 37.5 Å². The number of aryl methyl sites for hydroxylation is 1. The third kappa shape index (κ3) is 4.19. The summed E-state index contributed by atoms with van der Waals surface area (Å²) in [7, 11) is 1.33. The van der Waals surface area contributed by atoms with Gasteiger partial charge in [0.1, 0.15) is 0 Å². The highest BCUT2D eigenvalue weighted by Crippen LogP contribution is 2.17. The maximum atomic E-state index is 12.0. The van der Waals surface area contributed by atoms with Crippen LogP contribution in [-0.4, -0.2) is 38.4 Å². The first kappa shape index (κ1) is 15.3. The van der Waals surface area contributed by atoms with Crippen molar-refractivity contribution >= 4 is 17.7 Å². The first-order valence-electron chi connectivity index (χ1n) is 6.94. The van der Waals surface area contributed by atoms with Crippen molar-refractivity contribution in [1.29, 1.82) is 0 Å². The van der Waals surface area contributed by atoms with Crippen LogP contribution in [0.25, 0.3) is 0 Å². The number of esters is 1. The second kappa shape index (κ2) is 7.08. The van der Waals surface area contributed by atoms with E-state index in [0.29, 0.717) is 24.5 Å². The normalized spacial score (nSPS) is 15.3. The van der Waals surface area contributed by atoms with Crippen molar-refractivity contribution < 1.29 is 19.1 Å². The van der Waals surface area contributed by atoms with E-state index in [-0.39, 0.29) is 12.1 Å². The number of benzene rings is 1. The number of nitrogens with one attached hydrogen (secondary N) is 2. The topological polar surface area (TPSA) is 76.7 Å². The number of ether oxygens (including phenoxy) is 2. The molecule has 0 bridgehead atoms. The molecule has 2 amide bonds. The summed E-state index contributed by atoms with van der Waals surface area (Å²) < 4.78 is 9.93. The molecule has 0 aliphatic carbocycles. The van der Waals surface area contributed by atoms with Gasteiger partial charge in [0.2, 0.25) is 0 Å². The second-order valence-electron chi connectivity index (χ2n) is 5.01. The lowest BCUT2D eigenvalue weighted by Crippen LogP contribution is -2.41. The molecule has 2 rings (SSSR count). The van der Waals surface area contributed by atoms with Gasteiger partial charge in [-0.1, -0.05) is 6.07 Å². The van der Waals surface area contributed by atoms with Crippen LogP contribution in [0.5, 0.6) is 0 Å². The molecule has 6 heteroatoms. The molecule has 1 saturated heterocycles. The third-order valence-electron chi connectivity index (χ3n) is 3.46. The standard InChI is InChI=1S/C15H20N2O4/c1-10-3-4-11(14(18)20-2)9-13(10)17-15(19)16-12-5-7-21-8-6-12/h3-4,9,12H,5-8H2,1-2H3,(H2,16,17,19). The lowest BCUT2D eigenvalue weighted by molar-refractivity contribution is 0.0600. The number of carbonyl (C=O) groups is 2. The summed E-state index contributed by atoms with van der Waals surface area (Å²) in [6.45, 7) is 3.20. The van der Waals surface area contributed by atoms with Crippen LogP contribution < -0.4 is 10.6 Å². The number of rotatable bonds is 3. The highest BCUT2D eigenvalue weighted by molar-refractivity contribution is 5.94. The van der Waals surface area contributed by atoms with E-state index in [1.165, 1.54) is 7.11 Å². The molecule has 6 nitrogen and oxygen atoms in total. The fraction of sp³-hybridized carbons (Fsp3) is 0.467. The largest absolute Gasteiger partial charge is 0.465 e. The fourth-order valence-corrected chi connectivity index (χ4v) is 2.19. The number of hydrogen-bond donors (Lipinski definition) is 2. The monoisotopic (exact) mass is 292 g/mol. The van der Waals surface area contributed by atoms with Gasteiger partial charge < -0.3 is 20.1 Å². The Morgan fingerprint density at radius 3 is 2.67 bits per heavy atom. The van der Waals surface area contributed by atoms with Crippen molar-refractivity contribution in [3.63, 3.8) is 0 Å². The SMILES string of the molecule is COC(=O)c1ccc(C)c(NC(=O)NC2CCOCC2)c1. The Morgan fingerprint density at radius 1 is 1.29 bits per heavy atom. The average molecular weight is 292 g/mol. The van der Waals surface area contributed by atoms with Gasteiger partial charge in [-0.25, -0.2) is 9.59 Å². The van der Waals surface area contributed by atoms with E-state index in [2.05, 4.69) is 15.4 Å². The Balaban J connectivity index is 2.00. The number of methoxy groups -OCH3 is 1. The predicted octanol–water partition coefficient (Wildman–Crippen LogP) is 2.08. The third-order valence-corrected chi connectivity index (χ3v) is 3.46. The first-order valence-corrected chi connectivity index (χ1v) is 6.94. The summed E-state index contributed by atoms with van der Waals surface area (Å²) in [6.07, 6.45) is 1.63. The second-order valence-corrected chi connectivity index (χ2v) is 5.01. The molecule has 0 aromatic heterocycles. The molecule has 1 heterocycles. The zero-order valence-electron chi connectivity index (χ0n) is 12.3. The average Bonchev–Trinajstić information content (AvgIpc) is 2.49. The van der Waals surface area contributed by atoms with Gasteiger partial charge >= 0.3 is 12.0 Å². The highest BCUT2D eigenvalue weighted by Gasteiger charge is 2.17. The van der Waals surface area contributed by atoms with Crippen LogP contribution >= 0.6 is 0 Å². The number of carbonyl (C=O) groups excluding carboxylic acids is 2. The van der Waals surface area contributed by atoms with Gasteiger partial charge in [-0.15, -0.1) is 0 Å². The van der Waals surface area contributed by atoms with Crippen molar-refractivity contribution in [3.8, 4) is 0 Å². The molecule has 1 aromatic carbocycles. The molecule has 0 radical (unpaired) electrons. The molecular formula is C15H20N2O4. The van der Waals surface area contributed by atoms with Crippen LogP contribution in [0.3, 0.4) is 0 Å². The van der Waals surface area contributed by atoms with Gasteiger partial charge in [0, 0.05) is 24.9 Å². The van der Waals surface area contributed by atoms with Gasteiger partial charge in [-0.3, -0.25) is 0 Å². The molecule has 0 saturated carbocycles. The molecule has 1 aliphatic rings. The highest BCUT2D eigenvalue weighted by atomic mass is 16.5. The van der Waals surface area contributed by atoms with Crippen LogP contribution in [0.1, 0.15) is 28.8 Å². The Hall–Kier alpha value is -2.08. The molecule has 1 aromatic rings. The molecule has 0 atom stereocenters. The molecule has 114 valence electrons. The number of amides is 2. The van der Waals surface area contributed by atoms with Gasteiger partial charge in [0.05, 0.1) is 12.7 Å². The Labute approximate surface area is 123 Å². The Morgan fingerprint density at radius 2 is 2.00 bits per heavy atom. The van der Waals surface area contributed by atoms with E-state index >= 15 is 0 Å². The summed E-state index contributed by atoms with van der Waals surface area (Å²) in [5.41, 5.74) is 1.89. The van der Waals surface area contributed by atoms with Gasteiger partial charge in [0.15, 0.2) is 0 Å². The molecule has 21 heavy (non-hydrogen) atoms. The Bertz CT molecular complexity index is 524. The van der Waals surface area contributed by atoms with E-state index in [0.717, 1.165) is 18.4 Å². The summed E-state index contributed by atoms with van der Waals surface area (Å²) in [6, 6.07) is 4.92. The number of urea groups is 1. The lowest BCUT2D eigenvalue weighted by atomic mass is 10.1. The van der Waals surface area contributed by atoms with E-state index in [9.17, 15) is 9.59 Å². The summed E-state index contributed by atoms with van der Waals surface area (Å²) in [5, 5.41) is 5.69. The quantitative estimate of drug-likeness (QED) is 0.836. The van der Waals surface area contributed by atoms with Crippen molar-refractivity contribution in [2.75, 3.05) is 25.6 Å². The summed E-state index contributed by atoms with van der Waals surface area (Å²) in [5.74, 6) is -0.428. The van der Waals surface area contributed by atoms with Crippen LogP contribution in [0.15, 0.2) is 18.2 Å². The van der Waals surface area contributed by atoms with Crippen LogP contribution in [0.2, 0.25) is 0 Å². The number of anilines is 1. The number of hydrogen-bond acceptors (Lipinski definition) is 4. The van der Waals surface area contributed by atoms with E-state index in [1.807, 2.05) is 6.92 Å². The maximum absolute atomic E-state index is 12.0. The van der Waals surface area contributed by atoms with Crippen molar-refractivity contribution in [2.45, 2.75) is 25.8 Å². The van der Waals surface area contributed by atoms with Crippen molar-refractivity contribution in [2.24, 2.45) is 0 Å². The summed E-state index contributed by atoms with van der Waals surface area (Å²) in [4.78, 5) is 23.5. The van der Waals surface area contributed by atoms with E-state index in [4.69, 9.17) is 4.74 Å². The van der Waals surface area contributed by atoms with E-state index in [1.54, 1.807) is 18.2 Å². The minimum absolute atomic E-state index is 0.128. The zero-order chi connectivity index (χ0) is 15.2. The van der Waals surface area contributed by atoms with Crippen LogP contribution in [-0.2, 0) is 9.47 Å². The summed E-state index contributed by atoms with van der Waals surface area (Å²) >= 11 is 0. The first-order chi connectivity index (χ1) is 10.1. The minimum Gasteiger partial charge on any atom is -0.465 e. The molecule has 0 spiro atoms. The molecule has 0 unspecified atom stereocenters. The molecule has 1 aliphatic heterocycles. The minimum atomic E-state index is -0.428. The smallest absolute Gasteiger partial charge is 0.337 e. The van der Waals surface area contributed by atoms with Gasteiger partial charge in [0.25, 0.3) is 0 Å². The molecule has 1 fully saturated rings. The molecule has 2 N–H and O–H groups in total. The van der Waals surface area contributed by atoms with Gasteiger partial charge in [-0.2, -0.15) is 0 Å². The molecular weight excluding hydrogens is 272 g/mol. The predicted molar refractivity (Wildman–Crippen MR) is 78.5 cm³/mol. The van der Waals surface area contributed by atoms with Crippen LogP contribution in [0, 0.1) is 6.92 Å². The van der Waals surface area contributed by atoms with Crippen molar-refractivity contribution in [1.82, 2.24) is 5.32 Å². The Kier molecular flexibility index (Phi) is 5.16. The van der Waals surface area contributed by atoms with Crippen molar-refractivity contribution in [3.05, 3.63) is 29.3 Å². The maximum Gasteiger partial charge on any atom is 0.337 e. The van der Waals surface area contributed by atoms with E-state index < -0.39 is 5.97 Å².